The van der Waals surface area contributed by atoms with Crippen LogP contribution in [0.25, 0.3) is 0 Å². The smallest absolute Gasteiger partial charge is 0.249 e. The Bertz CT molecular complexity index is 706. The Labute approximate surface area is 142 Å². The van der Waals surface area contributed by atoms with Crippen LogP contribution < -0.4 is 0 Å². The topological polar surface area (TPSA) is 77.0 Å². The maximum absolute atomic E-state index is 12.8. The second-order valence-corrected chi connectivity index (χ2v) is 6.48. The van der Waals surface area contributed by atoms with Gasteiger partial charge in [-0.05, 0) is 45.6 Å². The van der Waals surface area contributed by atoms with E-state index in [1.54, 1.807) is 4.68 Å². The van der Waals surface area contributed by atoms with E-state index in [1.807, 2.05) is 24.8 Å². The fourth-order valence-corrected chi connectivity index (χ4v) is 3.27. The van der Waals surface area contributed by atoms with Crippen LogP contribution in [-0.2, 0) is 17.8 Å². The lowest BCUT2D eigenvalue weighted by atomic mass is 10.0. The van der Waals surface area contributed by atoms with Crippen LogP contribution in [0, 0.1) is 13.8 Å². The highest BCUT2D eigenvalue weighted by molar-refractivity contribution is 5.76. The summed E-state index contributed by atoms with van der Waals surface area (Å²) in [5, 5.41) is 8.42. The van der Waals surface area contributed by atoms with Crippen molar-refractivity contribution in [3.63, 3.8) is 0 Å². The molecule has 1 atom stereocenters. The molecule has 3 heterocycles. The number of hydrogen-bond donors (Lipinski definition) is 0. The molecule has 7 nitrogen and oxygen atoms in total. The van der Waals surface area contributed by atoms with Gasteiger partial charge in [-0.25, -0.2) is 0 Å². The number of likely N-dealkylation sites (tertiary alicyclic amines) is 1. The maximum atomic E-state index is 12.8. The fourth-order valence-electron chi connectivity index (χ4n) is 3.27. The number of aromatic nitrogens is 4. The van der Waals surface area contributed by atoms with Crippen molar-refractivity contribution in [3.8, 4) is 0 Å². The van der Waals surface area contributed by atoms with Gasteiger partial charge in [0.2, 0.25) is 11.8 Å². The van der Waals surface area contributed by atoms with E-state index in [1.165, 1.54) is 0 Å². The number of hydrogen-bond acceptors (Lipinski definition) is 5. The molecular formula is C17H25N5O2. The normalized spacial score (nSPS) is 18.1. The summed E-state index contributed by atoms with van der Waals surface area (Å²) < 4.78 is 7.20. The van der Waals surface area contributed by atoms with Crippen molar-refractivity contribution in [2.24, 2.45) is 0 Å². The van der Waals surface area contributed by atoms with Gasteiger partial charge in [0.15, 0.2) is 5.82 Å². The fraction of sp³-hybridized carbons (Fsp3) is 0.647. The van der Waals surface area contributed by atoms with E-state index in [-0.39, 0.29) is 18.5 Å². The van der Waals surface area contributed by atoms with Crippen molar-refractivity contribution in [3.05, 3.63) is 29.2 Å². The van der Waals surface area contributed by atoms with Crippen molar-refractivity contribution in [2.75, 3.05) is 6.54 Å². The highest BCUT2D eigenvalue weighted by atomic mass is 16.5. The monoisotopic (exact) mass is 331 g/mol. The van der Waals surface area contributed by atoms with Gasteiger partial charge >= 0.3 is 0 Å². The van der Waals surface area contributed by atoms with Crippen LogP contribution in [0.1, 0.15) is 61.8 Å². The molecule has 1 amide bonds. The summed E-state index contributed by atoms with van der Waals surface area (Å²) in [5.74, 6) is 1.35. The zero-order valence-corrected chi connectivity index (χ0v) is 14.7. The summed E-state index contributed by atoms with van der Waals surface area (Å²) in [6.45, 7) is 6.97. The Morgan fingerprint density at radius 1 is 1.38 bits per heavy atom. The number of amides is 1. The number of aryl methyl sites for hydroxylation is 3. The Morgan fingerprint density at radius 2 is 2.21 bits per heavy atom. The number of carbonyl (C=O) groups excluding carboxylic acids is 1. The minimum Gasteiger partial charge on any atom is -0.337 e. The number of carbonyl (C=O) groups is 1. The van der Waals surface area contributed by atoms with Crippen molar-refractivity contribution in [1.82, 2.24) is 24.8 Å². The van der Waals surface area contributed by atoms with Crippen LogP contribution >= 0.6 is 0 Å². The summed E-state index contributed by atoms with van der Waals surface area (Å²) in [6.07, 6.45) is 4.73. The molecule has 3 rings (SSSR count). The Morgan fingerprint density at radius 3 is 2.92 bits per heavy atom. The third-order valence-electron chi connectivity index (χ3n) is 4.45. The van der Waals surface area contributed by atoms with Gasteiger partial charge in [-0.15, -0.1) is 0 Å². The largest absolute Gasteiger partial charge is 0.337 e. The first-order chi connectivity index (χ1) is 11.6. The third kappa shape index (κ3) is 3.49. The number of nitrogens with zero attached hydrogens (tertiary/aromatic N) is 5. The molecule has 0 saturated carbocycles. The van der Waals surface area contributed by atoms with Crippen LogP contribution in [0.2, 0.25) is 0 Å². The molecule has 0 spiro atoms. The Balaban J connectivity index is 1.75. The summed E-state index contributed by atoms with van der Waals surface area (Å²) >= 11 is 0. The summed E-state index contributed by atoms with van der Waals surface area (Å²) in [6, 6.07) is 1.87. The van der Waals surface area contributed by atoms with E-state index >= 15 is 0 Å². The van der Waals surface area contributed by atoms with E-state index in [4.69, 9.17) is 4.52 Å². The van der Waals surface area contributed by atoms with Crippen molar-refractivity contribution in [1.29, 1.82) is 0 Å². The minimum atomic E-state index is -0.110. The van der Waals surface area contributed by atoms with E-state index in [2.05, 4.69) is 22.2 Å². The van der Waals surface area contributed by atoms with Gasteiger partial charge in [0, 0.05) is 18.7 Å². The molecule has 0 bridgehead atoms. The third-order valence-corrected chi connectivity index (χ3v) is 4.45. The predicted molar refractivity (Wildman–Crippen MR) is 88.3 cm³/mol. The van der Waals surface area contributed by atoms with E-state index in [9.17, 15) is 4.79 Å². The molecule has 0 N–H and O–H groups in total. The van der Waals surface area contributed by atoms with E-state index in [0.717, 1.165) is 55.9 Å². The average molecular weight is 331 g/mol. The molecule has 0 unspecified atom stereocenters. The summed E-state index contributed by atoms with van der Waals surface area (Å²) in [5.41, 5.74) is 1.93. The number of piperidine rings is 1. The SMILES string of the molecule is CCCc1noc([C@@H]2CCCCN2C(=O)Cn2nc(C)cc2C)n1. The van der Waals surface area contributed by atoms with Crippen molar-refractivity contribution < 1.29 is 9.32 Å². The maximum Gasteiger partial charge on any atom is 0.249 e. The molecule has 0 aliphatic carbocycles. The molecule has 7 heteroatoms. The molecule has 1 fully saturated rings. The second-order valence-electron chi connectivity index (χ2n) is 6.48. The molecule has 1 aliphatic heterocycles. The van der Waals surface area contributed by atoms with Gasteiger partial charge in [-0.2, -0.15) is 10.1 Å². The van der Waals surface area contributed by atoms with Crippen LogP contribution in [0.5, 0.6) is 0 Å². The standard InChI is InChI=1S/C17H25N5O2/c1-4-7-15-18-17(24-20-15)14-8-5-6-9-21(14)16(23)11-22-13(3)10-12(2)19-22/h10,14H,4-9,11H2,1-3H3/t14-/m0/s1. The molecule has 1 aliphatic rings. The zero-order chi connectivity index (χ0) is 17.1. The summed E-state index contributed by atoms with van der Waals surface area (Å²) in [4.78, 5) is 19.2. The molecular weight excluding hydrogens is 306 g/mol. The first kappa shape index (κ1) is 16.7. The van der Waals surface area contributed by atoms with Crippen LogP contribution in [-0.4, -0.2) is 37.3 Å². The van der Waals surface area contributed by atoms with Crippen LogP contribution in [0.4, 0.5) is 0 Å². The second kappa shape index (κ2) is 7.15. The molecule has 2 aromatic rings. The molecule has 24 heavy (non-hydrogen) atoms. The first-order valence-electron chi connectivity index (χ1n) is 8.71. The van der Waals surface area contributed by atoms with E-state index < -0.39 is 0 Å². The summed E-state index contributed by atoms with van der Waals surface area (Å²) in [7, 11) is 0. The predicted octanol–water partition coefficient (Wildman–Crippen LogP) is 2.59. The molecule has 0 radical (unpaired) electrons. The average Bonchev–Trinajstić information content (AvgIpc) is 3.14. The zero-order valence-electron chi connectivity index (χ0n) is 14.7. The van der Waals surface area contributed by atoms with Gasteiger partial charge < -0.3 is 9.42 Å². The molecule has 0 aromatic carbocycles. The highest BCUT2D eigenvalue weighted by Gasteiger charge is 2.32. The lowest BCUT2D eigenvalue weighted by Gasteiger charge is -2.33. The lowest BCUT2D eigenvalue weighted by molar-refractivity contribution is -0.136. The van der Waals surface area contributed by atoms with Crippen LogP contribution in [0.3, 0.4) is 0 Å². The van der Waals surface area contributed by atoms with Gasteiger partial charge in [0.25, 0.3) is 0 Å². The van der Waals surface area contributed by atoms with Crippen molar-refractivity contribution >= 4 is 5.91 Å². The van der Waals surface area contributed by atoms with Gasteiger partial charge in [-0.3, -0.25) is 9.48 Å². The first-order valence-corrected chi connectivity index (χ1v) is 8.71. The van der Waals surface area contributed by atoms with E-state index in [0.29, 0.717) is 5.89 Å². The minimum absolute atomic E-state index is 0.0566. The highest BCUT2D eigenvalue weighted by Crippen LogP contribution is 2.30. The Hall–Kier alpha value is -2.18. The molecule has 1 saturated heterocycles. The molecule has 2 aromatic heterocycles. The van der Waals surface area contributed by atoms with Crippen LogP contribution in [0.15, 0.2) is 10.6 Å². The molecule has 130 valence electrons. The van der Waals surface area contributed by atoms with Gasteiger partial charge in [0.1, 0.15) is 12.6 Å². The van der Waals surface area contributed by atoms with Gasteiger partial charge in [0.05, 0.1) is 5.69 Å². The number of rotatable bonds is 5. The van der Waals surface area contributed by atoms with Gasteiger partial charge in [-0.1, -0.05) is 12.1 Å². The lowest BCUT2D eigenvalue weighted by Crippen LogP contribution is -2.40. The van der Waals surface area contributed by atoms with Crippen molar-refractivity contribution in [2.45, 2.75) is 65.5 Å². The Kier molecular flexibility index (Phi) is 4.97. The quantitative estimate of drug-likeness (QED) is 0.841.